The molecule has 2 aromatic carbocycles. The van der Waals surface area contributed by atoms with Crippen molar-refractivity contribution in [2.24, 2.45) is 0 Å². The van der Waals surface area contributed by atoms with E-state index in [1.807, 2.05) is 0 Å². The van der Waals surface area contributed by atoms with Crippen molar-refractivity contribution in [3.8, 4) is 11.1 Å². The van der Waals surface area contributed by atoms with E-state index in [1.165, 1.54) is 33.5 Å². The van der Waals surface area contributed by atoms with Gasteiger partial charge in [0.1, 0.15) is 0 Å². The number of carbonyl (C=O) groups is 1. The molecule has 1 aliphatic heterocycles. The van der Waals surface area contributed by atoms with Crippen LogP contribution in [0.15, 0.2) is 36.4 Å². The maximum absolute atomic E-state index is 11.2. The van der Waals surface area contributed by atoms with Crippen LogP contribution in [0, 0.1) is 0 Å². The topological polar surface area (TPSA) is 40.5 Å². The lowest BCUT2D eigenvalue weighted by Gasteiger charge is -2.25. The fraction of sp³-hybridized carbons (Fsp3) is 0.381. The standard InChI is InChI=1S/C21H23NO2/c1-22-10-9-18-11-15(7-8-20(18)22)16-6-5-14-3-2-4-17(13-21(23)24)19(14)12-16/h5-8,11-12,17H,2-4,9-10,13H2,1H3,(H,23,24). The Morgan fingerprint density at radius 3 is 2.75 bits per heavy atom. The third kappa shape index (κ3) is 2.68. The van der Waals surface area contributed by atoms with Crippen molar-refractivity contribution >= 4 is 11.7 Å². The minimum Gasteiger partial charge on any atom is -0.481 e. The molecule has 124 valence electrons. The molecule has 1 heterocycles. The maximum atomic E-state index is 11.2. The van der Waals surface area contributed by atoms with Gasteiger partial charge >= 0.3 is 5.97 Å². The monoisotopic (exact) mass is 321 g/mol. The average molecular weight is 321 g/mol. The zero-order chi connectivity index (χ0) is 16.7. The zero-order valence-electron chi connectivity index (χ0n) is 14.1. The molecule has 4 rings (SSSR count). The number of benzene rings is 2. The Morgan fingerprint density at radius 2 is 1.92 bits per heavy atom. The molecule has 2 aromatic rings. The molecule has 0 bridgehead atoms. The van der Waals surface area contributed by atoms with Crippen LogP contribution >= 0.6 is 0 Å². The number of aryl methyl sites for hydroxylation is 1. The lowest BCUT2D eigenvalue weighted by molar-refractivity contribution is -0.137. The first-order valence-electron chi connectivity index (χ1n) is 8.81. The van der Waals surface area contributed by atoms with E-state index in [4.69, 9.17) is 0 Å². The predicted octanol–water partition coefficient (Wildman–Crippen LogP) is 4.24. The van der Waals surface area contributed by atoms with E-state index in [1.54, 1.807) is 0 Å². The van der Waals surface area contributed by atoms with Gasteiger partial charge in [0.15, 0.2) is 0 Å². The Bertz CT molecular complexity index is 796. The number of anilines is 1. The molecule has 2 aliphatic rings. The summed E-state index contributed by atoms with van der Waals surface area (Å²) in [6.45, 7) is 1.09. The van der Waals surface area contributed by atoms with Crippen LogP contribution in [0.5, 0.6) is 0 Å². The van der Waals surface area contributed by atoms with Gasteiger partial charge in [0, 0.05) is 19.3 Å². The Balaban J connectivity index is 1.71. The lowest BCUT2D eigenvalue weighted by atomic mass is 9.80. The van der Waals surface area contributed by atoms with Crippen LogP contribution in [0.4, 0.5) is 5.69 Å². The van der Waals surface area contributed by atoms with E-state index in [0.717, 1.165) is 32.2 Å². The van der Waals surface area contributed by atoms with Gasteiger partial charge in [0.2, 0.25) is 0 Å². The molecule has 0 spiro atoms. The molecule has 0 aromatic heterocycles. The minimum atomic E-state index is -0.696. The summed E-state index contributed by atoms with van der Waals surface area (Å²) < 4.78 is 0. The van der Waals surface area contributed by atoms with Gasteiger partial charge in [-0.1, -0.05) is 24.3 Å². The van der Waals surface area contributed by atoms with Crippen LogP contribution in [0.1, 0.15) is 41.9 Å². The van der Waals surface area contributed by atoms with E-state index in [0.29, 0.717) is 0 Å². The van der Waals surface area contributed by atoms with Crippen molar-refractivity contribution in [3.05, 3.63) is 53.1 Å². The summed E-state index contributed by atoms with van der Waals surface area (Å²) in [6.07, 6.45) is 4.49. The van der Waals surface area contributed by atoms with Crippen LogP contribution in [0.3, 0.4) is 0 Å². The minimum absolute atomic E-state index is 0.159. The highest BCUT2D eigenvalue weighted by Gasteiger charge is 2.23. The molecule has 1 N–H and O–H groups in total. The van der Waals surface area contributed by atoms with E-state index >= 15 is 0 Å². The van der Waals surface area contributed by atoms with Gasteiger partial charge in [-0.15, -0.1) is 0 Å². The Kier molecular flexibility index (Phi) is 3.79. The first-order chi connectivity index (χ1) is 11.6. The number of carboxylic acids is 1. The highest BCUT2D eigenvalue weighted by atomic mass is 16.4. The molecule has 1 unspecified atom stereocenters. The van der Waals surface area contributed by atoms with E-state index in [-0.39, 0.29) is 12.3 Å². The molecule has 24 heavy (non-hydrogen) atoms. The molecule has 1 aliphatic carbocycles. The lowest BCUT2D eigenvalue weighted by Crippen LogP contribution is -2.13. The third-order valence-electron chi connectivity index (χ3n) is 5.55. The fourth-order valence-corrected chi connectivity index (χ4v) is 4.25. The number of nitrogens with zero attached hydrogens (tertiary/aromatic N) is 1. The number of likely N-dealkylation sites (N-methyl/N-ethyl adjacent to an activating group) is 1. The van der Waals surface area contributed by atoms with Crippen molar-refractivity contribution in [2.45, 2.75) is 38.0 Å². The molecule has 0 saturated carbocycles. The number of fused-ring (bicyclic) bond motifs is 2. The second-order valence-electron chi connectivity index (χ2n) is 7.12. The van der Waals surface area contributed by atoms with Gasteiger partial charge < -0.3 is 10.0 Å². The molecule has 1 atom stereocenters. The van der Waals surface area contributed by atoms with Gasteiger partial charge in [-0.3, -0.25) is 4.79 Å². The Hall–Kier alpha value is -2.29. The van der Waals surface area contributed by atoms with Crippen LogP contribution < -0.4 is 4.90 Å². The van der Waals surface area contributed by atoms with Gasteiger partial charge in [0.05, 0.1) is 6.42 Å². The van der Waals surface area contributed by atoms with Crippen molar-refractivity contribution in [3.63, 3.8) is 0 Å². The first-order valence-corrected chi connectivity index (χ1v) is 8.81. The molecule has 3 heteroatoms. The summed E-state index contributed by atoms with van der Waals surface area (Å²) in [5.41, 5.74) is 7.78. The molecule has 0 saturated heterocycles. The number of aliphatic carboxylic acids is 1. The maximum Gasteiger partial charge on any atom is 0.303 e. The quantitative estimate of drug-likeness (QED) is 0.919. The largest absolute Gasteiger partial charge is 0.481 e. The molecular formula is C21H23NO2. The number of carboxylic acid groups (broad SMARTS) is 1. The second kappa shape index (κ2) is 5.97. The second-order valence-corrected chi connectivity index (χ2v) is 7.12. The van der Waals surface area contributed by atoms with Crippen LogP contribution in [-0.4, -0.2) is 24.7 Å². The highest BCUT2D eigenvalue weighted by Crippen LogP contribution is 2.38. The number of hydrogen-bond donors (Lipinski definition) is 1. The van der Waals surface area contributed by atoms with E-state index < -0.39 is 5.97 Å². The molecule has 0 radical (unpaired) electrons. The third-order valence-corrected chi connectivity index (χ3v) is 5.55. The van der Waals surface area contributed by atoms with Gasteiger partial charge in [-0.2, -0.15) is 0 Å². The highest BCUT2D eigenvalue weighted by molar-refractivity contribution is 5.72. The van der Waals surface area contributed by atoms with E-state index in [9.17, 15) is 9.90 Å². The van der Waals surface area contributed by atoms with Gasteiger partial charge in [-0.05, 0) is 71.6 Å². The molecule has 0 amide bonds. The predicted molar refractivity (Wildman–Crippen MR) is 96.8 cm³/mol. The first kappa shape index (κ1) is 15.3. The molecule has 0 fully saturated rings. The SMILES string of the molecule is CN1CCc2cc(-c3ccc4c(c3)C(CC(=O)O)CCC4)ccc21. The summed E-state index contributed by atoms with van der Waals surface area (Å²) in [6, 6.07) is 13.3. The smallest absolute Gasteiger partial charge is 0.303 e. The fourth-order valence-electron chi connectivity index (χ4n) is 4.25. The van der Waals surface area contributed by atoms with Crippen LogP contribution in [-0.2, 0) is 17.6 Å². The van der Waals surface area contributed by atoms with Crippen molar-refractivity contribution in [1.29, 1.82) is 0 Å². The van der Waals surface area contributed by atoms with Gasteiger partial charge in [0.25, 0.3) is 0 Å². The number of hydrogen-bond acceptors (Lipinski definition) is 2. The van der Waals surface area contributed by atoms with Crippen molar-refractivity contribution in [2.75, 3.05) is 18.5 Å². The van der Waals surface area contributed by atoms with Crippen LogP contribution in [0.25, 0.3) is 11.1 Å². The summed E-state index contributed by atoms with van der Waals surface area (Å²) in [4.78, 5) is 13.5. The van der Waals surface area contributed by atoms with E-state index in [2.05, 4.69) is 48.3 Å². The summed E-state index contributed by atoms with van der Waals surface area (Å²) >= 11 is 0. The normalized spacial score (nSPS) is 19.0. The Morgan fingerprint density at radius 1 is 1.12 bits per heavy atom. The molecular weight excluding hydrogens is 298 g/mol. The zero-order valence-corrected chi connectivity index (χ0v) is 14.1. The average Bonchev–Trinajstić information content (AvgIpc) is 2.95. The number of rotatable bonds is 3. The summed E-state index contributed by atoms with van der Waals surface area (Å²) in [5.74, 6) is -0.536. The molecule has 3 nitrogen and oxygen atoms in total. The summed E-state index contributed by atoms with van der Waals surface area (Å²) in [7, 11) is 2.14. The Labute approximate surface area is 142 Å². The van der Waals surface area contributed by atoms with Crippen molar-refractivity contribution in [1.82, 2.24) is 0 Å². The van der Waals surface area contributed by atoms with Gasteiger partial charge in [-0.25, -0.2) is 0 Å². The van der Waals surface area contributed by atoms with Crippen molar-refractivity contribution < 1.29 is 9.90 Å². The van der Waals surface area contributed by atoms with Crippen LogP contribution in [0.2, 0.25) is 0 Å². The summed E-state index contributed by atoms with van der Waals surface area (Å²) in [5, 5.41) is 9.20.